The standard InChI is InChI=1S/C41H52N6O4/c1-4-30(27(2)3)23-38(48)35(21-28-13-7-5-8-14-28)45-41(51)37(24-32-25-42-26-43-32)47-40(50)36(22-29-15-9-6-10-16-29)46-39(49)34-20-19-31-17-11-12-18-33(31)44-34/h4,6,9-12,15-20,25-28,30,35-38,48H,1,5,7-8,13-14,21-24H2,2-3H3,(H,42,43)(H,45,51)(H,46,49)(H,47,50)/t30-,35-,36-,37-,38-/m0/s1. The number of nitrogens with zero attached hydrogens (tertiary/aromatic N) is 2. The summed E-state index contributed by atoms with van der Waals surface area (Å²) in [5.74, 6) is -0.635. The second-order valence-corrected chi connectivity index (χ2v) is 14.2. The van der Waals surface area contributed by atoms with Gasteiger partial charge >= 0.3 is 0 Å². The van der Waals surface area contributed by atoms with Gasteiger partial charge in [0.05, 0.1) is 24.0 Å². The summed E-state index contributed by atoms with van der Waals surface area (Å²) >= 11 is 0. The molecule has 0 bridgehead atoms. The number of carbonyl (C=O) groups is 3. The summed E-state index contributed by atoms with van der Waals surface area (Å²) in [5.41, 5.74) is 2.36. The van der Waals surface area contributed by atoms with E-state index in [1.165, 1.54) is 12.7 Å². The van der Waals surface area contributed by atoms with E-state index in [0.717, 1.165) is 36.6 Å². The van der Waals surface area contributed by atoms with Crippen molar-refractivity contribution in [2.24, 2.45) is 17.8 Å². The normalized spacial score (nSPS) is 16.5. The average molecular weight is 693 g/mol. The summed E-state index contributed by atoms with van der Waals surface area (Å²) in [7, 11) is 0. The van der Waals surface area contributed by atoms with Gasteiger partial charge in [0.15, 0.2) is 0 Å². The molecule has 10 heteroatoms. The lowest BCUT2D eigenvalue weighted by atomic mass is 9.81. The number of nitrogens with one attached hydrogen (secondary N) is 4. The van der Waals surface area contributed by atoms with Crippen LogP contribution in [-0.4, -0.2) is 62.0 Å². The maximum absolute atomic E-state index is 14.2. The van der Waals surface area contributed by atoms with Crippen LogP contribution in [0.15, 0.2) is 91.9 Å². The predicted octanol–water partition coefficient (Wildman–Crippen LogP) is 5.69. The molecule has 2 heterocycles. The number of rotatable bonds is 17. The van der Waals surface area contributed by atoms with E-state index in [0.29, 0.717) is 30.0 Å². The highest BCUT2D eigenvalue weighted by Gasteiger charge is 2.33. The molecule has 3 amide bonds. The Morgan fingerprint density at radius 1 is 0.902 bits per heavy atom. The smallest absolute Gasteiger partial charge is 0.270 e. The maximum Gasteiger partial charge on any atom is 0.270 e. The van der Waals surface area contributed by atoms with Crippen molar-refractivity contribution in [3.8, 4) is 0 Å². The number of hydrogen-bond acceptors (Lipinski definition) is 6. The molecular weight excluding hydrogens is 640 g/mol. The van der Waals surface area contributed by atoms with Gasteiger partial charge in [-0.3, -0.25) is 14.4 Å². The quantitative estimate of drug-likeness (QED) is 0.0898. The number of fused-ring (bicyclic) bond motifs is 1. The zero-order valence-electron chi connectivity index (χ0n) is 29.8. The predicted molar refractivity (Wildman–Crippen MR) is 200 cm³/mol. The Bertz CT molecular complexity index is 1720. The number of aliphatic hydroxyl groups excluding tert-OH is 1. The Labute approximate surface area is 301 Å². The molecule has 0 spiro atoms. The number of aromatic nitrogens is 3. The summed E-state index contributed by atoms with van der Waals surface area (Å²) < 4.78 is 0. The van der Waals surface area contributed by atoms with Gasteiger partial charge in [-0.15, -0.1) is 6.58 Å². The Morgan fingerprint density at radius 3 is 2.31 bits per heavy atom. The molecule has 5 N–H and O–H groups in total. The molecule has 0 aliphatic heterocycles. The number of pyridine rings is 1. The van der Waals surface area contributed by atoms with E-state index >= 15 is 0 Å². The van der Waals surface area contributed by atoms with Crippen molar-refractivity contribution in [2.75, 3.05) is 0 Å². The van der Waals surface area contributed by atoms with E-state index in [2.05, 4.69) is 51.3 Å². The number of imidazole rings is 1. The van der Waals surface area contributed by atoms with Gasteiger partial charge in [-0.2, -0.15) is 0 Å². The van der Waals surface area contributed by atoms with Crippen LogP contribution >= 0.6 is 0 Å². The number of allylic oxidation sites excluding steroid dienone is 1. The third-order valence-electron chi connectivity index (χ3n) is 10.1. The summed E-state index contributed by atoms with van der Waals surface area (Å²) in [6.45, 7) is 8.19. The van der Waals surface area contributed by atoms with Gasteiger partial charge in [0.2, 0.25) is 11.8 Å². The Balaban J connectivity index is 1.37. The number of H-pyrrole nitrogens is 1. The zero-order valence-corrected chi connectivity index (χ0v) is 29.8. The first-order chi connectivity index (χ1) is 24.7. The highest BCUT2D eigenvalue weighted by atomic mass is 16.3. The summed E-state index contributed by atoms with van der Waals surface area (Å²) in [6.07, 6.45) is 11.3. The molecule has 270 valence electrons. The molecule has 1 aliphatic carbocycles. The molecule has 10 nitrogen and oxygen atoms in total. The number of aromatic amines is 1. The molecule has 0 radical (unpaired) electrons. The molecule has 0 unspecified atom stereocenters. The lowest BCUT2D eigenvalue weighted by Crippen LogP contribution is -2.57. The Morgan fingerprint density at radius 2 is 1.61 bits per heavy atom. The molecule has 51 heavy (non-hydrogen) atoms. The number of amides is 3. The first kappa shape index (κ1) is 37.4. The van der Waals surface area contributed by atoms with E-state index in [1.807, 2.05) is 66.7 Å². The van der Waals surface area contributed by atoms with Crippen molar-refractivity contribution in [1.82, 2.24) is 30.9 Å². The van der Waals surface area contributed by atoms with Gasteiger partial charge in [0.1, 0.15) is 17.8 Å². The molecule has 1 fully saturated rings. The van der Waals surface area contributed by atoms with Gasteiger partial charge in [0, 0.05) is 30.1 Å². The van der Waals surface area contributed by atoms with Crippen molar-refractivity contribution in [1.29, 1.82) is 0 Å². The van der Waals surface area contributed by atoms with Crippen LogP contribution in [0.1, 0.15) is 80.5 Å². The second-order valence-electron chi connectivity index (χ2n) is 14.2. The SMILES string of the molecule is C=C[C@@H](C[C@H](O)[C@H](CC1CCCCC1)NC(=O)[C@H](Cc1cnc[nH]1)NC(=O)[C@H](Cc1ccccc1)NC(=O)c1ccc2ccccc2n1)C(C)C. The number of hydrogen-bond donors (Lipinski definition) is 5. The number of para-hydroxylation sites is 1. The van der Waals surface area contributed by atoms with Crippen LogP contribution in [0.5, 0.6) is 0 Å². The zero-order chi connectivity index (χ0) is 36.2. The van der Waals surface area contributed by atoms with E-state index < -0.39 is 42.0 Å². The minimum atomic E-state index is -1.01. The fraction of sp³-hybridized carbons (Fsp3) is 0.439. The van der Waals surface area contributed by atoms with Crippen molar-refractivity contribution in [2.45, 2.75) is 95.9 Å². The highest BCUT2D eigenvalue weighted by molar-refractivity contribution is 5.98. The summed E-state index contributed by atoms with van der Waals surface area (Å²) in [6, 6.07) is 17.9. The third-order valence-corrected chi connectivity index (χ3v) is 10.1. The number of carbonyl (C=O) groups excluding carboxylic acids is 3. The van der Waals surface area contributed by atoms with Crippen LogP contribution in [0, 0.1) is 17.8 Å². The molecule has 0 saturated heterocycles. The van der Waals surface area contributed by atoms with E-state index in [4.69, 9.17) is 0 Å². The van der Waals surface area contributed by atoms with Crippen molar-refractivity contribution < 1.29 is 19.5 Å². The molecule has 5 atom stereocenters. The minimum Gasteiger partial charge on any atom is -0.391 e. The van der Waals surface area contributed by atoms with Crippen molar-refractivity contribution in [3.63, 3.8) is 0 Å². The molecule has 5 rings (SSSR count). The third kappa shape index (κ3) is 10.8. The van der Waals surface area contributed by atoms with Gasteiger partial charge < -0.3 is 26.0 Å². The fourth-order valence-corrected chi connectivity index (χ4v) is 7.04. The lowest BCUT2D eigenvalue weighted by molar-refractivity contribution is -0.131. The molecular formula is C41H52N6O4. The summed E-state index contributed by atoms with van der Waals surface area (Å²) in [4.78, 5) is 53.6. The van der Waals surface area contributed by atoms with Crippen LogP contribution in [0.3, 0.4) is 0 Å². The first-order valence-corrected chi connectivity index (χ1v) is 18.3. The van der Waals surface area contributed by atoms with Crippen LogP contribution in [0.2, 0.25) is 0 Å². The monoisotopic (exact) mass is 692 g/mol. The average Bonchev–Trinajstić information content (AvgIpc) is 3.66. The van der Waals surface area contributed by atoms with Crippen molar-refractivity contribution >= 4 is 28.6 Å². The summed E-state index contributed by atoms with van der Waals surface area (Å²) in [5, 5.41) is 21.5. The molecule has 1 saturated carbocycles. The van der Waals surface area contributed by atoms with Gasteiger partial charge in [-0.1, -0.05) is 107 Å². The lowest BCUT2D eigenvalue weighted by Gasteiger charge is -2.33. The molecule has 2 aromatic heterocycles. The van der Waals surface area contributed by atoms with Gasteiger partial charge in [0.25, 0.3) is 5.91 Å². The molecule has 1 aliphatic rings. The maximum atomic E-state index is 14.2. The Hall–Kier alpha value is -4.83. The minimum absolute atomic E-state index is 0.0886. The number of aliphatic hydroxyl groups is 1. The van der Waals surface area contributed by atoms with Crippen LogP contribution in [0.4, 0.5) is 0 Å². The highest BCUT2D eigenvalue weighted by Crippen LogP contribution is 2.30. The van der Waals surface area contributed by atoms with Crippen LogP contribution in [0.25, 0.3) is 10.9 Å². The second kappa shape index (κ2) is 18.4. The van der Waals surface area contributed by atoms with Gasteiger partial charge in [-0.25, -0.2) is 9.97 Å². The topological polar surface area (TPSA) is 149 Å². The van der Waals surface area contributed by atoms with E-state index in [9.17, 15) is 19.5 Å². The van der Waals surface area contributed by atoms with Crippen LogP contribution in [-0.2, 0) is 22.4 Å². The van der Waals surface area contributed by atoms with Gasteiger partial charge in [-0.05, 0) is 48.3 Å². The molecule has 4 aromatic rings. The van der Waals surface area contributed by atoms with Crippen molar-refractivity contribution in [3.05, 3.63) is 109 Å². The van der Waals surface area contributed by atoms with Crippen LogP contribution < -0.4 is 16.0 Å². The Kier molecular flexibility index (Phi) is 13.5. The molecule has 2 aromatic carbocycles. The first-order valence-electron chi connectivity index (χ1n) is 18.3. The van der Waals surface area contributed by atoms with E-state index in [-0.39, 0.29) is 30.4 Å². The fourth-order valence-electron chi connectivity index (χ4n) is 7.04. The largest absolute Gasteiger partial charge is 0.391 e. The van der Waals surface area contributed by atoms with E-state index in [1.54, 1.807) is 12.3 Å². The number of benzene rings is 2.